The highest BCUT2D eigenvalue weighted by molar-refractivity contribution is 6.00. The van der Waals surface area contributed by atoms with Crippen molar-refractivity contribution in [1.29, 1.82) is 0 Å². The maximum Gasteiger partial charge on any atom is 0.179 e. The van der Waals surface area contributed by atoms with Gasteiger partial charge in [0.25, 0.3) is 0 Å². The summed E-state index contributed by atoms with van der Waals surface area (Å²) in [5.41, 5.74) is 2.12. The van der Waals surface area contributed by atoms with Gasteiger partial charge in [0.2, 0.25) is 0 Å². The molecule has 2 rings (SSSR count). The Kier molecular flexibility index (Phi) is 4.77. The summed E-state index contributed by atoms with van der Waals surface area (Å²) >= 11 is 0. The highest BCUT2D eigenvalue weighted by Gasteiger charge is 2.10. The number of allylic oxidation sites excluding steroid dienone is 1. The molecule has 21 heavy (non-hydrogen) atoms. The summed E-state index contributed by atoms with van der Waals surface area (Å²) in [5, 5.41) is 4.42. The lowest BCUT2D eigenvalue weighted by molar-refractivity contribution is 0.580. The van der Waals surface area contributed by atoms with Gasteiger partial charge in [0.15, 0.2) is 5.84 Å². The number of hydrogen-bond donors (Lipinski definition) is 0. The van der Waals surface area contributed by atoms with E-state index in [0.717, 1.165) is 5.69 Å². The van der Waals surface area contributed by atoms with E-state index in [-0.39, 0.29) is 5.82 Å². The zero-order valence-electron chi connectivity index (χ0n) is 12.1. The van der Waals surface area contributed by atoms with Gasteiger partial charge in [-0.05, 0) is 32.7 Å². The Morgan fingerprint density at radius 3 is 2.86 bits per heavy atom. The summed E-state index contributed by atoms with van der Waals surface area (Å²) in [7, 11) is 0. The molecule has 108 valence electrons. The first-order valence-electron chi connectivity index (χ1n) is 6.59. The van der Waals surface area contributed by atoms with Gasteiger partial charge in [0.05, 0.1) is 6.54 Å². The normalized spacial score (nSPS) is 12.0. The van der Waals surface area contributed by atoms with Crippen molar-refractivity contribution in [3.05, 3.63) is 65.4 Å². The summed E-state index contributed by atoms with van der Waals surface area (Å²) in [6.07, 6.45) is 3.43. The molecule has 4 nitrogen and oxygen atoms in total. The van der Waals surface area contributed by atoms with Crippen molar-refractivity contribution in [1.82, 2.24) is 9.78 Å². The van der Waals surface area contributed by atoms with E-state index < -0.39 is 0 Å². The van der Waals surface area contributed by atoms with Crippen LogP contribution in [0.3, 0.4) is 0 Å². The third-order valence-electron chi connectivity index (χ3n) is 2.98. The maximum atomic E-state index is 13.7. The average Bonchev–Trinajstić information content (AvgIpc) is 2.83. The SMILES string of the molecule is C=N/C(=N\C=C/C)c1cc(C)n(Cc2ccccc2F)n1. The van der Waals surface area contributed by atoms with Crippen molar-refractivity contribution in [3.63, 3.8) is 0 Å². The molecule has 0 bridgehead atoms. The second-order valence-corrected chi connectivity index (χ2v) is 4.51. The molecular weight excluding hydrogens is 267 g/mol. The van der Waals surface area contributed by atoms with E-state index in [1.807, 2.05) is 26.0 Å². The number of halogens is 1. The summed E-state index contributed by atoms with van der Waals surface area (Å²) in [6.45, 7) is 7.65. The highest BCUT2D eigenvalue weighted by atomic mass is 19.1. The Hall–Kier alpha value is -2.56. The maximum absolute atomic E-state index is 13.7. The molecule has 0 spiro atoms. The first kappa shape index (κ1) is 14.8. The predicted molar refractivity (Wildman–Crippen MR) is 83.4 cm³/mol. The van der Waals surface area contributed by atoms with Crippen molar-refractivity contribution in [3.8, 4) is 0 Å². The number of nitrogens with zero attached hydrogens (tertiary/aromatic N) is 4. The Bertz CT molecular complexity index is 698. The quantitative estimate of drug-likeness (QED) is 0.627. The van der Waals surface area contributed by atoms with Crippen LogP contribution >= 0.6 is 0 Å². The van der Waals surface area contributed by atoms with Crippen molar-refractivity contribution >= 4 is 12.6 Å². The molecule has 5 heteroatoms. The van der Waals surface area contributed by atoms with E-state index in [2.05, 4.69) is 21.8 Å². The van der Waals surface area contributed by atoms with Gasteiger partial charge in [-0.25, -0.2) is 14.4 Å². The Labute approximate surface area is 123 Å². The number of aryl methyl sites for hydroxylation is 1. The lowest BCUT2D eigenvalue weighted by Crippen LogP contribution is -2.07. The molecule has 0 unspecified atom stereocenters. The van der Waals surface area contributed by atoms with E-state index in [1.54, 1.807) is 29.1 Å². The van der Waals surface area contributed by atoms with Crippen LogP contribution in [0.4, 0.5) is 4.39 Å². The van der Waals surface area contributed by atoms with E-state index >= 15 is 0 Å². The number of aromatic nitrogens is 2. The molecule has 0 saturated carbocycles. The largest absolute Gasteiger partial charge is 0.265 e. The fraction of sp³-hybridized carbons (Fsp3) is 0.188. The van der Waals surface area contributed by atoms with Crippen LogP contribution in [0.15, 0.2) is 52.6 Å². The van der Waals surface area contributed by atoms with Crippen LogP contribution < -0.4 is 0 Å². The van der Waals surface area contributed by atoms with Gasteiger partial charge in [-0.15, -0.1) is 0 Å². The number of rotatable bonds is 4. The van der Waals surface area contributed by atoms with Crippen LogP contribution in [0.5, 0.6) is 0 Å². The van der Waals surface area contributed by atoms with Crippen molar-refractivity contribution in [2.45, 2.75) is 20.4 Å². The molecule has 0 amide bonds. The topological polar surface area (TPSA) is 42.5 Å². The fourth-order valence-electron chi connectivity index (χ4n) is 1.90. The monoisotopic (exact) mass is 284 g/mol. The first-order chi connectivity index (χ1) is 10.2. The zero-order chi connectivity index (χ0) is 15.2. The van der Waals surface area contributed by atoms with Crippen LogP contribution in [0.2, 0.25) is 0 Å². The summed E-state index contributed by atoms with van der Waals surface area (Å²) in [4.78, 5) is 8.04. The molecular formula is C16H17FN4. The predicted octanol–water partition coefficient (Wildman–Crippen LogP) is 3.36. The van der Waals surface area contributed by atoms with E-state index in [0.29, 0.717) is 23.6 Å². The number of amidine groups is 1. The van der Waals surface area contributed by atoms with Crippen LogP contribution in [-0.4, -0.2) is 22.3 Å². The van der Waals surface area contributed by atoms with Crippen molar-refractivity contribution in [2.24, 2.45) is 9.98 Å². The minimum atomic E-state index is -0.237. The van der Waals surface area contributed by atoms with Gasteiger partial charge in [-0.3, -0.25) is 4.68 Å². The lowest BCUT2D eigenvalue weighted by Gasteiger charge is -2.05. The molecule has 0 atom stereocenters. The van der Waals surface area contributed by atoms with E-state index in [9.17, 15) is 4.39 Å². The van der Waals surface area contributed by atoms with Gasteiger partial charge in [0.1, 0.15) is 11.5 Å². The van der Waals surface area contributed by atoms with Gasteiger partial charge in [0, 0.05) is 17.5 Å². The third-order valence-corrected chi connectivity index (χ3v) is 2.98. The number of benzene rings is 1. The number of hydrogen-bond acceptors (Lipinski definition) is 2. The molecule has 0 radical (unpaired) electrons. The van der Waals surface area contributed by atoms with Gasteiger partial charge in [-0.1, -0.05) is 24.3 Å². The third kappa shape index (κ3) is 3.51. The molecule has 0 aliphatic heterocycles. The van der Waals surface area contributed by atoms with Crippen LogP contribution in [0, 0.1) is 12.7 Å². The van der Waals surface area contributed by atoms with Gasteiger partial charge in [-0.2, -0.15) is 5.10 Å². The molecule has 0 aliphatic carbocycles. The minimum absolute atomic E-state index is 0.237. The summed E-state index contributed by atoms with van der Waals surface area (Å²) < 4.78 is 15.4. The number of aliphatic imine (C=N–C) groups is 2. The van der Waals surface area contributed by atoms with Gasteiger partial charge < -0.3 is 0 Å². The van der Waals surface area contributed by atoms with Crippen molar-refractivity contribution in [2.75, 3.05) is 0 Å². The van der Waals surface area contributed by atoms with Gasteiger partial charge >= 0.3 is 0 Å². The van der Waals surface area contributed by atoms with E-state index in [4.69, 9.17) is 0 Å². The fourth-order valence-corrected chi connectivity index (χ4v) is 1.90. The average molecular weight is 284 g/mol. The van der Waals surface area contributed by atoms with E-state index in [1.165, 1.54) is 6.07 Å². The molecule has 2 aromatic rings. The summed E-state index contributed by atoms with van der Waals surface area (Å²) in [5.74, 6) is 0.210. The Morgan fingerprint density at radius 2 is 2.19 bits per heavy atom. The smallest absolute Gasteiger partial charge is 0.179 e. The molecule has 1 aromatic carbocycles. The minimum Gasteiger partial charge on any atom is -0.265 e. The van der Waals surface area contributed by atoms with Crippen LogP contribution in [0.1, 0.15) is 23.9 Å². The van der Waals surface area contributed by atoms with Crippen LogP contribution in [-0.2, 0) is 6.54 Å². The molecule has 1 aromatic heterocycles. The van der Waals surface area contributed by atoms with Crippen LogP contribution in [0.25, 0.3) is 0 Å². The standard InChI is InChI=1S/C16H17FN4/c1-4-9-19-16(18-3)15-10-12(2)21(20-15)11-13-7-5-6-8-14(13)17/h4-10H,3,11H2,1-2H3/b9-4-,19-16-. The lowest BCUT2D eigenvalue weighted by atomic mass is 10.2. The molecule has 0 saturated heterocycles. The molecule has 0 fully saturated rings. The molecule has 0 N–H and O–H groups in total. The first-order valence-corrected chi connectivity index (χ1v) is 6.59. The zero-order valence-corrected chi connectivity index (χ0v) is 12.1. The summed E-state index contributed by atoms with van der Waals surface area (Å²) in [6, 6.07) is 8.53. The Morgan fingerprint density at radius 1 is 1.43 bits per heavy atom. The molecule has 1 heterocycles. The second-order valence-electron chi connectivity index (χ2n) is 4.51. The Balaban J connectivity index is 2.31. The second kappa shape index (κ2) is 6.74. The van der Waals surface area contributed by atoms with Crippen molar-refractivity contribution < 1.29 is 4.39 Å². The molecule has 0 aliphatic rings. The highest BCUT2D eigenvalue weighted by Crippen LogP contribution is 2.12.